The van der Waals surface area contributed by atoms with Crippen LogP contribution >= 0.6 is 22.7 Å². The van der Waals surface area contributed by atoms with E-state index in [1.54, 1.807) is 25.6 Å². The van der Waals surface area contributed by atoms with Gasteiger partial charge in [-0.1, -0.05) is 6.07 Å². The molecule has 0 spiro atoms. The van der Waals surface area contributed by atoms with Crippen LogP contribution in [0.25, 0.3) is 10.6 Å². The predicted molar refractivity (Wildman–Crippen MR) is 118 cm³/mol. The second-order valence-corrected chi connectivity index (χ2v) is 8.69. The maximum atomic E-state index is 12.8. The molecular formula is C21H25N3O3S2. The molecule has 8 heteroatoms. The highest BCUT2D eigenvalue weighted by molar-refractivity contribution is 7.17. The quantitative estimate of drug-likeness (QED) is 0.578. The summed E-state index contributed by atoms with van der Waals surface area (Å²) in [6.07, 6.45) is 0. The molecule has 2 heterocycles. The Balaban J connectivity index is 1.77. The van der Waals surface area contributed by atoms with Crippen LogP contribution in [0.15, 0.2) is 35.7 Å². The van der Waals surface area contributed by atoms with Crippen LogP contribution in [0.2, 0.25) is 0 Å². The standard InChI is InChI=1S/C21H25N3O3S2/c1-13-19(20(25)22-12-15(24(2)3)18-7-6-10-28-18)29-21(23-13)14-8-9-16(26-4)17(11-14)27-5/h6-11,15H,12H2,1-5H3,(H,22,25). The van der Waals surface area contributed by atoms with E-state index in [1.807, 2.05) is 45.3 Å². The molecule has 0 bridgehead atoms. The molecule has 0 saturated carbocycles. The number of rotatable bonds is 8. The van der Waals surface area contributed by atoms with Gasteiger partial charge in [-0.05, 0) is 50.7 Å². The first kappa shape index (κ1) is 21.3. The first-order valence-corrected chi connectivity index (χ1v) is 10.8. The molecule has 154 valence electrons. The minimum absolute atomic E-state index is 0.102. The molecule has 0 fully saturated rings. The zero-order valence-corrected chi connectivity index (χ0v) is 18.8. The molecule has 0 saturated heterocycles. The van der Waals surface area contributed by atoms with Crippen molar-refractivity contribution in [1.82, 2.24) is 15.2 Å². The van der Waals surface area contributed by atoms with Crippen LogP contribution in [0.3, 0.4) is 0 Å². The molecule has 1 unspecified atom stereocenters. The topological polar surface area (TPSA) is 63.7 Å². The second-order valence-electron chi connectivity index (χ2n) is 6.71. The molecule has 1 N–H and O–H groups in total. The van der Waals surface area contributed by atoms with Crippen molar-refractivity contribution >= 4 is 28.6 Å². The van der Waals surface area contributed by atoms with Crippen molar-refractivity contribution in [2.45, 2.75) is 13.0 Å². The van der Waals surface area contributed by atoms with Gasteiger partial charge in [0.05, 0.1) is 26.0 Å². The summed E-state index contributed by atoms with van der Waals surface area (Å²) in [4.78, 5) is 21.4. The molecule has 0 aliphatic rings. The first-order chi connectivity index (χ1) is 13.9. The summed E-state index contributed by atoms with van der Waals surface area (Å²) in [7, 11) is 7.24. The van der Waals surface area contributed by atoms with E-state index < -0.39 is 0 Å². The average molecular weight is 432 g/mol. The van der Waals surface area contributed by atoms with Gasteiger partial charge in [-0.2, -0.15) is 0 Å². The van der Waals surface area contributed by atoms with Crippen molar-refractivity contribution in [3.05, 3.63) is 51.2 Å². The van der Waals surface area contributed by atoms with E-state index in [2.05, 4.69) is 26.6 Å². The molecule has 3 rings (SSSR count). The van der Waals surface area contributed by atoms with Gasteiger partial charge in [-0.25, -0.2) is 4.98 Å². The Hall–Kier alpha value is -2.42. The van der Waals surface area contributed by atoms with Gasteiger partial charge < -0.3 is 19.7 Å². The van der Waals surface area contributed by atoms with Gasteiger partial charge >= 0.3 is 0 Å². The van der Waals surface area contributed by atoms with Crippen molar-refractivity contribution in [1.29, 1.82) is 0 Å². The molecule has 6 nitrogen and oxygen atoms in total. The van der Waals surface area contributed by atoms with Crippen molar-refractivity contribution < 1.29 is 14.3 Å². The third kappa shape index (κ3) is 4.77. The number of hydrogen-bond donors (Lipinski definition) is 1. The van der Waals surface area contributed by atoms with Crippen molar-refractivity contribution in [3.8, 4) is 22.1 Å². The molecule has 2 aromatic heterocycles. The van der Waals surface area contributed by atoms with Gasteiger partial charge in [0.25, 0.3) is 5.91 Å². The molecule has 0 radical (unpaired) electrons. The summed E-state index contributed by atoms with van der Waals surface area (Å²) in [6, 6.07) is 9.89. The van der Waals surface area contributed by atoms with Gasteiger partial charge in [0.1, 0.15) is 9.88 Å². The molecule has 29 heavy (non-hydrogen) atoms. The molecule has 1 atom stereocenters. The third-order valence-electron chi connectivity index (χ3n) is 4.58. The van der Waals surface area contributed by atoms with E-state index in [4.69, 9.17) is 9.47 Å². The lowest BCUT2D eigenvalue weighted by molar-refractivity contribution is 0.0945. The number of ether oxygens (including phenoxy) is 2. The Morgan fingerprint density at radius 2 is 1.97 bits per heavy atom. The second kappa shape index (κ2) is 9.39. The summed E-state index contributed by atoms with van der Waals surface area (Å²) in [5.41, 5.74) is 1.61. The number of aryl methyl sites for hydroxylation is 1. The zero-order chi connectivity index (χ0) is 21.0. The molecule has 1 aromatic carbocycles. The number of carbonyl (C=O) groups is 1. The Bertz CT molecular complexity index is 968. The average Bonchev–Trinajstić information content (AvgIpc) is 3.37. The predicted octanol–water partition coefficient (Wildman–Crippen LogP) is 4.23. The maximum absolute atomic E-state index is 12.8. The first-order valence-electron chi connectivity index (χ1n) is 9.12. The Labute approximate surface area is 179 Å². The number of benzene rings is 1. The van der Waals surface area contributed by atoms with E-state index in [-0.39, 0.29) is 11.9 Å². The van der Waals surface area contributed by atoms with Crippen LogP contribution < -0.4 is 14.8 Å². The summed E-state index contributed by atoms with van der Waals surface area (Å²) in [5, 5.41) is 5.89. The van der Waals surface area contributed by atoms with Crippen LogP contribution in [0.1, 0.15) is 26.3 Å². The van der Waals surface area contributed by atoms with E-state index >= 15 is 0 Å². The SMILES string of the molecule is COc1ccc(-c2nc(C)c(C(=O)NCC(c3cccs3)N(C)C)s2)cc1OC. The molecule has 3 aromatic rings. The van der Waals surface area contributed by atoms with Crippen LogP contribution in [0, 0.1) is 6.92 Å². The van der Waals surface area contributed by atoms with Crippen LogP contribution in [0.5, 0.6) is 11.5 Å². The minimum Gasteiger partial charge on any atom is -0.493 e. The summed E-state index contributed by atoms with van der Waals surface area (Å²) < 4.78 is 10.7. The summed E-state index contributed by atoms with van der Waals surface area (Å²) >= 11 is 3.07. The van der Waals surface area contributed by atoms with Crippen LogP contribution in [-0.2, 0) is 0 Å². The Morgan fingerprint density at radius 3 is 2.59 bits per heavy atom. The van der Waals surface area contributed by atoms with Gasteiger partial charge in [-0.3, -0.25) is 4.79 Å². The largest absolute Gasteiger partial charge is 0.493 e. The summed E-state index contributed by atoms with van der Waals surface area (Å²) in [5.74, 6) is 1.19. The number of carbonyl (C=O) groups excluding carboxylic acids is 1. The van der Waals surface area contributed by atoms with Crippen LogP contribution in [-0.4, -0.2) is 50.7 Å². The molecule has 0 aliphatic heterocycles. The fourth-order valence-electron chi connectivity index (χ4n) is 2.99. The highest BCUT2D eigenvalue weighted by atomic mass is 32.1. The van der Waals surface area contributed by atoms with E-state index in [0.29, 0.717) is 22.9 Å². The van der Waals surface area contributed by atoms with Crippen molar-refractivity contribution in [2.75, 3.05) is 34.9 Å². The van der Waals surface area contributed by atoms with E-state index in [9.17, 15) is 4.79 Å². The number of nitrogens with zero attached hydrogens (tertiary/aromatic N) is 2. The van der Waals surface area contributed by atoms with Gasteiger partial charge in [-0.15, -0.1) is 22.7 Å². The summed E-state index contributed by atoms with van der Waals surface area (Å²) in [6.45, 7) is 2.40. The number of amides is 1. The molecule has 0 aliphatic carbocycles. The highest BCUT2D eigenvalue weighted by Gasteiger charge is 2.20. The highest BCUT2D eigenvalue weighted by Crippen LogP contribution is 2.35. The number of aromatic nitrogens is 1. The zero-order valence-electron chi connectivity index (χ0n) is 17.2. The Kier molecular flexibility index (Phi) is 6.89. The van der Waals surface area contributed by atoms with Gasteiger partial charge in [0.2, 0.25) is 0 Å². The van der Waals surface area contributed by atoms with E-state index in [1.165, 1.54) is 16.2 Å². The lowest BCUT2D eigenvalue weighted by atomic mass is 10.2. The smallest absolute Gasteiger partial charge is 0.263 e. The van der Waals surface area contributed by atoms with Gasteiger partial charge in [0.15, 0.2) is 11.5 Å². The monoisotopic (exact) mass is 431 g/mol. The fourth-order valence-corrected chi connectivity index (χ4v) is 4.89. The van der Waals surface area contributed by atoms with Crippen LogP contribution in [0.4, 0.5) is 0 Å². The lowest BCUT2D eigenvalue weighted by Crippen LogP contribution is -2.34. The fraction of sp³-hybridized carbons (Fsp3) is 0.333. The van der Waals surface area contributed by atoms with Gasteiger partial charge in [0, 0.05) is 17.0 Å². The molecule has 1 amide bonds. The third-order valence-corrected chi connectivity index (χ3v) is 6.76. The number of likely N-dealkylation sites (N-methyl/N-ethyl adjacent to an activating group) is 1. The van der Waals surface area contributed by atoms with Crippen molar-refractivity contribution in [2.24, 2.45) is 0 Å². The number of methoxy groups -OCH3 is 2. The number of thiazole rings is 1. The molecular weight excluding hydrogens is 406 g/mol. The number of thiophene rings is 1. The normalized spacial score (nSPS) is 12.1. The maximum Gasteiger partial charge on any atom is 0.263 e. The minimum atomic E-state index is -0.102. The number of nitrogens with one attached hydrogen (secondary N) is 1. The van der Waals surface area contributed by atoms with E-state index in [0.717, 1.165) is 16.3 Å². The number of hydrogen-bond acceptors (Lipinski definition) is 7. The Morgan fingerprint density at radius 1 is 1.21 bits per heavy atom. The van der Waals surface area contributed by atoms with Crippen molar-refractivity contribution in [3.63, 3.8) is 0 Å². The lowest BCUT2D eigenvalue weighted by Gasteiger charge is -2.23.